The second kappa shape index (κ2) is 12.4. The summed E-state index contributed by atoms with van der Waals surface area (Å²) in [6, 6.07) is 8.15. The number of ether oxygens (including phenoxy) is 2. The fraction of sp³-hybridized carbons (Fsp3) is 0.682. The molecule has 0 radical (unpaired) electrons. The summed E-state index contributed by atoms with van der Waals surface area (Å²) >= 11 is 6.11. The Balaban J connectivity index is 1.36. The van der Waals surface area contributed by atoms with Crippen LogP contribution in [0.3, 0.4) is 0 Å². The normalized spacial score (nSPS) is 21.0. The molecule has 6 nitrogen and oxygen atoms in total. The van der Waals surface area contributed by atoms with Gasteiger partial charge in [0.1, 0.15) is 0 Å². The number of aliphatic imine (C=N–C) groups is 1. The van der Waals surface area contributed by atoms with Gasteiger partial charge in [-0.25, -0.2) is 0 Å². The van der Waals surface area contributed by atoms with E-state index in [0.717, 1.165) is 96.1 Å². The minimum Gasteiger partial charge on any atom is -0.381 e. The summed E-state index contributed by atoms with van der Waals surface area (Å²) in [5.41, 5.74) is 1.27. The highest BCUT2D eigenvalue weighted by atomic mass is 35.5. The summed E-state index contributed by atoms with van der Waals surface area (Å²) in [4.78, 5) is 9.67. The fourth-order valence-corrected chi connectivity index (χ4v) is 3.97. The van der Waals surface area contributed by atoms with Crippen LogP contribution in [-0.2, 0) is 16.0 Å². The van der Waals surface area contributed by atoms with E-state index in [0.29, 0.717) is 5.92 Å². The van der Waals surface area contributed by atoms with Crippen LogP contribution in [0, 0.1) is 5.92 Å². The summed E-state index contributed by atoms with van der Waals surface area (Å²) in [6.45, 7) is 12.1. The van der Waals surface area contributed by atoms with Crippen LogP contribution in [-0.4, -0.2) is 81.5 Å². The molecule has 1 atom stereocenters. The molecule has 29 heavy (non-hydrogen) atoms. The van der Waals surface area contributed by atoms with Gasteiger partial charge in [0.2, 0.25) is 0 Å². The van der Waals surface area contributed by atoms with Crippen molar-refractivity contribution in [3.8, 4) is 0 Å². The van der Waals surface area contributed by atoms with Crippen LogP contribution in [0.5, 0.6) is 0 Å². The fourth-order valence-electron chi connectivity index (χ4n) is 3.75. The molecule has 0 aliphatic carbocycles. The molecule has 0 bridgehead atoms. The van der Waals surface area contributed by atoms with Crippen molar-refractivity contribution in [3.63, 3.8) is 0 Å². The minimum absolute atomic E-state index is 0.582. The molecule has 2 aliphatic rings. The van der Waals surface area contributed by atoms with Gasteiger partial charge >= 0.3 is 0 Å². The second-order valence-electron chi connectivity index (χ2n) is 7.79. The number of rotatable bonds is 9. The summed E-state index contributed by atoms with van der Waals surface area (Å²) in [5, 5.41) is 4.25. The number of nitrogens with zero attached hydrogens (tertiary/aromatic N) is 3. The van der Waals surface area contributed by atoms with Gasteiger partial charge in [-0.1, -0.05) is 23.7 Å². The lowest BCUT2D eigenvalue weighted by molar-refractivity contribution is 0.0892. The lowest BCUT2D eigenvalue weighted by Gasteiger charge is -2.36. The van der Waals surface area contributed by atoms with Gasteiger partial charge in [-0.3, -0.25) is 9.89 Å². The molecular weight excluding hydrogens is 388 g/mol. The molecule has 1 aromatic rings. The first-order valence-corrected chi connectivity index (χ1v) is 11.3. The third-order valence-electron chi connectivity index (χ3n) is 5.39. The largest absolute Gasteiger partial charge is 0.381 e. The van der Waals surface area contributed by atoms with Crippen molar-refractivity contribution in [1.29, 1.82) is 0 Å². The molecule has 0 saturated carbocycles. The highest BCUT2D eigenvalue weighted by Gasteiger charge is 2.19. The third kappa shape index (κ3) is 7.78. The quantitative estimate of drug-likeness (QED) is 0.376. The Labute approximate surface area is 180 Å². The van der Waals surface area contributed by atoms with E-state index in [1.54, 1.807) is 0 Å². The predicted octanol–water partition coefficient (Wildman–Crippen LogP) is 2.87. The average molecular weight is 423 g/mol. The smallest absolute Gasteiger partial charge is 0.194 e. The molecule has 2 heterocycles. The predicted molar refractivity (Wildman–Crippen MR) is 119 cm³/mol. The molecule has 2 fully saturated rings. The van der Waals surface area contributed by atoms with Crippen molar-refractivity contribution >= 4 is 17.6 Å². The van der Waals surface area contributed by atoms with E-state index < -0.39 is 0 Å². The van der Waals surface area contributed by atoms with Crippen LogP contribution in [0.4, 0.5) is 0 Å². The van der Waals surface area contributed by atoms with Crippen LogP contribution in [0.15, 0.2) is 29.3 Å². The highest BCUT2D eigenvalue weighted by molar-refractivity contribution is 6.30. The highest BCUT2D eigenvalue weighted by Crippen LogP contribution is 2.14. The van der Waals surface area contributed by atoms with Gasteiger partial charge in [0, 0.05) is 70.0 Å². The zero-order valence-electron chi connectivity index (χ0n) is 17.6. The first-order valence-electron chi connectivity index (χ1n) is 10.9. The number of piperazine rings is 1. The van der Waals surface area contributed by atoms with Gasteiger partial charge in [0.05, 0.1) is 13.2 Å². The lowest BCUT2D eigenvalue weighted by atomic mass is 10.1. The van der Waals surface area contributed by atoms with E-state index in [9.17, 15) is 0 Å². The van der Waals surface area contributed by atoms with E-state index in [1.165, 1.54) is 5.56 Å². The van der Waals surface area contributed by atoms with E-state index in [1.807, 2.05) is 12.1 Å². The van der Waals surface area contributed by atoms with Crippen LogP contribution in [0.2, 0.25) is 5.02 Å². The van der Waals surface area contributed by atoms with Crippen molar-refractivity contribution < 1.29 is 9.47 Å². The van der Waals surface area contributed by atoms with E-state index >= 15 is 0 Å². The van der Waals surface area contributed by atoms with E-state index in [-0.39, 0.29) is 0 Å². The van der Waals surface area contributed by atoms with Crippen LogP contribution in [0.25, 0.3) is 0 Å². The maximum atomic E-state index is 6.11. The molecule has 0 aromatic heterocycles. The Bertz CT molecular complexity index is 629. The van der Waals surface area contributed by atoms with Gasteiger partial charge < -0.3 is 19.7 Å². The Hall–Kier alpha value is -1.34. The van der Waals surface area contributed by atoms with Crippen molar-refractivity contribution in [2.45, 2.75) is 26.3 Å². The molecule has 2 saturated heterocycles. The number of guanidine groups is 1. The van der Waals surface area contributed by atoms with Crippen LogP contribution < -0.4 is 5.32 Å². The minimum atomic E-state index is 0.582. The molecule has 0 amide bonds. The maximum Gasteiger partial charge on any atom is 0.194 e. The number of halogens is 1. The summed E-state index contributed by atoms with van der Waals surface area (Å²) in [5.74, 6) is 1.61. The second-order valence-corrected chi connectivity index (χ2v) is 8.22. The summed E-state index contributed by atoms with van der Waals surface area (Å²) in [6.07, 6.45) is 2.09. The van der Waals surface area contributed by atoms with Crippen molar-refractivity contribution in [2.75, 3.05) is 65.7 Å². The first kappa shape index (κ1) is 22.3. The monoisotopic (exact) mass is 422 g/mol. The molecule has 3 rings (SSSR count). The topological polar surface area (TPSA) is 49.3 Å². The molecule has 0 spiro atoms. The van der Waals surface area contributed by atoms with Crippen molar-refractivity contribution in [3.05, 3.63) is 34.9 Å². The standard InChI is InChI=1S/C22H35ClN4O2/c1-2-24-22(25-8-4-13-28-17-20-7-14-29-18-20)27-11-9-26(10-12-27)16-19-5-3-6-21(23)15-19/h3,5-6,15,20H,2,4,7-14,16-18H2,1H3,(H,24,25). The molecule has 7 heteroatoms. The Morgan fingerprint density at radius 1 is 1.31 bits per heavy atom. The molecule has 1 aromatic carbocycles. The molecule has 2 aliphatic heterocycles. The first-order chi connectivity index (χ1) is 14.2. The van der Waals surface area contributed by atoms with Gasteiger partial charge in [0.15, 0.2) is 5.96 Å². The molecular formula is C22H35ClN4O2. The SMILES string of the molecule is CCNC(=NCCCOCC1CCOC1)N1CCN(Cc2cccc(Cl)c2)CC1. The lowest BCUT2D eigenvalue weighted by Crippen LogP contribution is -2.52. The molecule has 1 unspecified atom stereocenters. The van der Waals surface area contributed by atoms with Crippen LogP contribution >= 0.6 is 11.6 Å². The number of benzene rings is 1. The Kier molecular flexibility index (Phi) is 9.54. The Morgan fingerprint density at radius 3 is 2.90 bits per heavy atom. The van der Waals surface area contributed by atoms with Gasteiger partial charge in [0.25, 0.3) is 0 Å². The summed E-state index contributed by atoms with van der Waals surface area (Å²) in [7, 11) is 0. The van der Waals surface area contributed by atoms with Crippen molar-refractivity contribution in [2.24, 2.45) is 10.9 Å². The Morgan fingerprint density at radius 2 is 2.17 bits per heavy atom. The van der Waals surface area contributed by atoms with Gasteiger partial charge in [-0.2, -0.15) is 0 Å². The molecule has 162 valence electrons. The zero-order chi connectivity index (χ0) is 20.3. The number of nitrogens with one attached hydrogen (secondary N) is 1. The number of hydrogen-bond acceptors (Lipinski definition) is 4. The van der Waals surface area contributed by atoms with Gasteiger partial charge in [-0.15, -0.1) is 0 Å². The third-order valence-corrected chi connectivity index (χ3v) is 5.62. The van der Waals surface area contributed by atoms with Crippen molar-refractivity contribution in [1.82, 2.24) is 15.1 Å². The van der Waals surface area contributed by atoms with E-state index in [4.69, 9.17) is 26.1 Å². The van der Waals surface area contributed by atoms with E-state index in [2.05, 4.69) is 34.2 Å². The van der Waals surface area contributed by atoms with Gasteiger partial charge in [-0.05, 0) is 37.5 Å². The average Bonchev–Trinajstić information content (AvgIpc) is 3.24. The zero-order valence-corrected chi connectivity index (χ0v) is 18.4. The number of hydrogen-bond donors (Lipinski definition) is 1. The molecule has 1 N–H and O–H groups in total. The maximum absolute atomic E-state index is 6.11. The van der Waals surface area contributed by atoms with Crippen LogP contribution in [0.1, 0.15) is 25.3 Å². The summed E-state index contributed by atoms with van der Waals surface area (Å²) < 4.78 is 11.2.